The van der Waals surface area contributed by atoms with Crippen LogP contribution >= 0.6 is 0 Å². The summed E-state index contributed by atoms with van der Waals surface area (Å²) < 4.78 is 0. The maximum Gasteiger partial charge on any atom is 0.322 e. The van der Waals surface area contributed by atoms with Gasteiger partial charge in [0.05, 0.1) is 6.42 Å². The first-order valence-corrected chi connectivity index (χ1v) is 4.87. The van der Waals surface area contributed by atoms with Crippen LogP contribution in [0.2, 0.25) is 0 Å². The van der Waals surface area contributed by atoms with E-state index in [9.17, 15) is 9.59 Å². The summed E-state index contributed by atoms with van der Waals surface area (Å²) in [6, 6.07) is 7.37. The minimum atomic E-state index is -1.04. The summed E-state index contributed by atoms with van der Waals surface area (Å²) in [5.41, 5.74) is 1.82. The molecule has 16 heavy (non-hydrogen) atoms. The van der Waals surface area contributed by atoms with Crippen molar-refractivity contribution in [1.82, 2.24) is 5.32 Å². The second-order valence-corrected chi connectivity index (χ2v) is 3.29. The molecular formula is C11H14N2O3. The van der Waals surface area contributed by atoms with Crippen molar-refractivity contribution in [3.05, 3.63) is 29.8 Å². The monoisotopic (exact) mass is 222 g/mol. The van der Waals surface area contributed by atoms with Crippen LogP contribution in [-0.2, 0) is 16.0 Å². The van der Waals surface area contributed by atoms with Gasteiger partial charge >= 0.3 is 5.97 Å². The molecule has 0 aliphatic carbocycles. The van der Waals surface area contributed by atoms with E-state index in [1.54, 1.807) is 0 Å². The highest BCUT2D eigenvalue weighted by Crippen LogP contribution is 2.08. The topological polar surface area (TPSA) is 78.4 Å². The molecule has 1 aromatic rings. The molecular weight excluding hydrogens is 208 g/mol. The maximum atomic E-state index is 11.3. The molecule has 5 nitrogen and oxygen atoms in total. The lowest BCUT2D eigenvalue weighted by molar-refractivity contribution is -0.137. The van der Waals surface area contributed by atoms with Crippen molar-refractivity contribution in [3.63, 3.8) is 0 Å². The van der Waals surface area contributed by atoms with Crippen molar-refractivity contribution in [2.24, 2.45) is 0 Å². The summed E-state index contributed by atoms with van der Waals surface area (Å²) in [6.07, 6.45) is 0.192. The van der Waals surface area contributed by atoms with Crippen LogP contribution in [0.1, 0.15) is 5.56 Å². The number of carbonyl (C=O) groups excluding carboxylic acids is 1. The second kappa shape index (κ2) is 5.75. The van der Waals surface area contributed by atoms with Gasteiger partial charge < -0.3 is 15.7 Å². The third-order valence-corrected chi connectivity index (χ3v) is 2.04. The Morgan fingerprint density at radius 2 is 1.88 bits per heavy atom. The molecule has 0 atom stereocenters. The molecule has 1 amide bonds. The van der Waals surface area contributed by atoms with E-state index in [-0.39, 0.29) is 18.9 Å². The van der Waals surface area contributed by atoms with Gasteiger partial charge in [0.2, 0.25) is 5.91 Å². The standard InChI is InChI=1S/C11H14N2O3/c1-12-9-4-2-8(3-5-9)6-10(14)13-7-11(15)16/h2-5,12H,6-7H2,1H3,(H,13,14)(H,15,16). The molecule has 5 heteroatoms. The predicted molar refractivity (Wildman–Crippen MR) is 60.3 cm³/mol. The summed E-state index contributed by atoms with van der Waals surface area (Å²) in [6.45, 7) is -0.340. The summed E-state index contributed by atoms with van der Waals surface area (Å²) in [5, 5.41) is 13.6. The van der Waals surface area contributed by atoms with Gasteiger partial charge in [-0.2, -0.15) is 0 Å². The van der Waals surface area contributed by atoms with Crippen LogP contribution in [0.3, 0.4) is 0 Å². The fraction of sp³-hybridized carbons (Fsp3) is 0.273. The number of carbonyl (C=O) groups is 2. The van der Waals surface area contributed by atoms with E-state index in [0.717, 1.165) is 11.3 Å². The van der Waals surface area contributed by atoms with Gasteiger partial charge in [-0.15, -0.1) is 0 Å². The van der Waals surface area contributed by atoms with Crippen LogP contribution < -0.4 is 10.6 Å². The lowest BCUT2D eigenvalue weighted by Gasteiger charge is -2.04. The number of amides is 1. The Hall–Kier alpha value is -2.04. The van der Waals surface area contributed by atoms with Crippen molar-refractivity contribution >= 4 is 17.6 Å². The number of carboxylic acids is 1. The zero-order valence-corrected chi connectivity index (χ0v) is 8.99. The van der Waals surface area contributed by atoms with Crippen molar-refractivity contribution < 1.29 is 14.7 Å². The SMILES string of the molecule is CNc1ccc(CC(=O)NCC(=O)O)cc1. The number of hydrogen-bond acceptors (Lipinski definition) is 3. The zero-order valence-electron chi connectivity index (χ0n) is 8.99. The first-order chi connectivity index (χ1) is 7.61. The van der Waals surface area contributed by atoms with Gasteiger partial charge in [-0.25, -0.2) is 0 Å². The fourth-order valence-corrected chi connectivity index (χ4v) is 1.21. The smallest absolute Gasteiger partial charge is 0.322 e. The van der Waals surface area contributed by atoms with Crippen molar-refractivity contribution in [3.8, 4) is 0 Å². The summed E-state index contributed by atoms with van der Waals surface area (Å²) in [4.78, 5) is 21.5. The Morgan fingerprint density at radius 3 is 2.38 bits per heavy atom. The number of nitrogens with one attached hydrogen (secondary N) is 2. The van der Waals surface area contributed by atoms with E-state index < -0.39 is 5.97 Å². The molecule has 1 rings (SSSR count). The average molecular weight is 222 g/mol. The van der Waals surface area contributed by atoms with E-state index in [1.807, 2.05) is 31.3 Å². The first-order valence-electron chi connectivity index (χ1n) is 4.87. The number of carboxylic acid groups (broad SMARTS) is 1. The van der Waals surface area contributed by atoms with Crippen LogP contribution in [0.4, 0.5) is 5.69 Å². The average Bonchev–Trinajstić information content (AvgIpc) is 2.27. The summed E-state index contributed by atoms with van der Waals surface area (Å²) in [7, 11) is 1.81. The molecule has 1 aromatic carbocycles. The van der Waals surface area contributed by atoms with Crippen LogP contribution in [0.15, 0.2) is 24.3 Å². The Morgan fingerprint density at radius 1 is 1.25 bits per heavy atom. The number of benzene rings is 1. The van der Waals surface area contributed by atoms with E-state index in [0.29, 0.717) is 0 Å². The van der Waals surface area contributed by atoms with Gasteiger partial charge in [0, 0.05) is 12.7 Å². The Bertz CT molecular complexity index is 373. The minimum absolute atomic E-state index is 0.192. The summed E-state index contributed by atoms with van der Waals surface area (Å²) >= 11 is 0. The second-order valence-electron chi connectivity index (χ2n) is 3.29. The molecule has 0 saturated heterocycles. The number of aliphatic carboxylic acids is 1. The molecule has 0 fully saturated rings. The van der Waals surface area contributed by atoms with Crippen LogP contribution in [-0.4, -0.2) is 30.6 Å². The molecule has 0 aromatic heterocycles. The third kappa shape index (κ3) is 4.00. The van der Waals surface area contributed by atoms with Crippen LogP contribution in [0, 0.1) is 0 Å². The number of anilines is 1. The van der Waals surface area contributed by atoms with Crippen molar-refractivity contribution in [1.29, 1.82) is 0 Å². The number of hydrogen-bond donors (Lipinski definition) is 3. The van der Waals surface area contributed by atoms with Gasteiger partial charge in [0.25, 0.3) is 0 Å². The van der Waals surface area contributed by atoms with Gasteiger partial charge in [-0.3, -0.25) is 9.59 Å². The predicted octanol–water partition coefficient (Wildman–Crippen LogP) is 0.472. The van der Waals surface area contributed by atoms with Gasteiger partial charge in [0.15, 0.2) is 0 Å². The van der Waals surface area contributed by atoms with Crippen molar-refractivity contribution in [2.75, 3.05) is 18.9 Å². The van der Waals surface area contributed by atoms with Gasteiger partial charge in [-0.1, -0.05) is 12.1 Å². The quantitative estimate of drug-likeness (QED) is 0.676. The molecule has 0 aliphatic heterocycles. The normalized spacial score (nSPS) is 9.56. The molecule has 0 saturated carbocycles. The van der Waals surface area contributed by atoms with Crippen molar-refractivity contribution in [2.45, 2.75) is 6.42 Å². The molecule has 0 heterocycles. The largest absolute Gasteiger partial charge is 0.480 e. The molecule has 0 spiro atoms. The van der Waals surface area contributed by atoms with E-state index in [2.05, 4.69) is 10.6 Å². The minimum Gasteiger partial charge on any atom is -0.480 e. The van der Waals surface area contributed by atoms with Crippen LogP contribution in [0.25, 0.3) is 0 Å². The lowest BCUT2D eigenvalue weighted by Crippen LogP contribution is -2.30. The Labute approximate surface area is 93.5 Å². The Kier molecular flexibility index (Phi) is 4.32. The highest BCUT2D eigenvalue weighted by molar-refractivity contribution is 5.82. The summed E-state index contributed by atoms with van der Waals surface area (Å²) in [5.74, 6) is -1.33. The highest BCUT2D eigenvalue weighted by Gasteiger charge is 2.04. The third-order valence-electron chi connectivity index (χ3n) is 2.04. The molecule has 3 N–H and O–H groups in total. The van der Waals surface area contributed by atoms with Gasteiger partial charge in [0.1, 0.15) is 6.54 Å². The van der Waals surface area contributed by atoms with E-state index >= 15 is 0 Å². The first kappa shape index (κ1) is 12.0. The van der Waals surface area contributed by atoms with Gasteiger partial charge in [-0.05, 0) is 17.7 Å². The van der Waals surface area contributed by atoms with E-state index in [4.69, 9.17) is 5.11 Å². The highest BCUT2D eigenvalue weighted by atomic mass is 16.4. The molecule has 0 bridgehead atoms. The Balaban J connectivity index is 2.46. The fourth-order valence-electron chi connectivity index (χ4n) is 1.21. The maximum absolute atomic E-state index is 11.3. The molecule has 86 valence electrons. The van der Waals surface area contributed by atoms with E-state index in [1.165, 1.54) is 0 Å². The lowest BCUT2D eigenvalue weighted by atomic mass is 10.1. The molecule has 0 radical (unpaired) electrons. The molecule has 0 unspecified atom stereocenters. The number of rotatable bonds is 5. The molecule has 0 aliphatic rings. The van der Waals surface area contributed by atoms with Crippen LogP contribution in [0.5, 0.6) is 0 Å². The zero-order chi connectivity index (χ0) is 12.0.